The Hall–Kier alpha value is -4.50. The van der Waals surface area contributed by atoms with E-state index >= 15 is 0 Å². The average Bonchev–Trinajstić information content (AvgIpc) is 3.36. The van der Waals surface area contributed by atoms with Gasteiger partial charge in [0, 0.05) is 33.2 Å². The molecule has 0 atom stereocenters. The Labute approximate surface area is 208 Å². The van der Waals surface area contributed by atoms with E-state index in [4.69, 9.17) is 4.98 Å². The van der Waals surface area contributed by atoms with Crippen molar-refractivity contribution in [3.8, 4) is 16.9 Å². The van der Waals surface area contributed by atoms with Crippen molar-refractivity contribution in [2.24, 2.45) is 0 Å². The molecule has 1 aliphatic rings. The molecule has 0 fully saturated rings. The molecular formula is C33H23N3. The van der Waals surface area contributed by atoms with Crippen molar-refractivity contribution in [2.45, 2.75) is 19.3 Å². The highest BCUT2D eigenvalue weighted by molar-refractivity contribution is 6.11. The highest BCUT2D eigenvalue weighted by Crippen LogP contribution is 2.50. The second-order valence-electron chi connectivity index (χ2n) is 10.3. The van der Waals surface area contributed by atoms with Crippen LogP contribution in [0.5, 0.6) is 0 Å². The second kappa shape index (κ2) is 6.79. The first-order valence-electron chi connectivity index (χ1n) is 12.4. The van der Waals surface area contributed by atoms with E-state index in [1.165, 1.54) is 44.1 Å². The van der Waals surface area contributed by atoms with E-state index < -0.39 is 0 Å². The van der Waals surface area contributed by atoms with Gasteiger partial charge in [-0.15, -0.1) is 0 Å². The van der Waals surface area contributed by atoms with E-state index in [0.29, 0.717) is 0 Å². The van der Waals surface area contributed by atoms with E-state index in [9.17, 15) is 0 Å². The predicted molar refractivity (Wildman–Crippen MR) is 149 cm³/mol. The molecule has 0 spiro atoms. The normalized spacial score (nSPS) is 14.1. The van der Waals surface area contributed by atoms with Crippen LogP contribution in [0.15, 0.2) is 103 Å². The van der Waals surface area contributed by atoms with Crippen molar-refractivity contribution in [1.82, 2.24) is 14.5 Å². The van der Waals surface area contributed by atoms with E-state index in [1.807, 2.05) is 12.3 Å². The topological polar surface area (TPSA) is 30.7 Å². The van der Waals surface area contributed by atoms with Gasteiger partial charge in [-0.3, -0.25) is 9.55 Å². The van der Waals surface area contributed by atoms with Gasteiger partial charge in [0.25, 0.3) is 0 Å². The molecule has 3 heterocycles. The van der Waals surface area contributed by atoms with Gasteiger partial charge in [-0.2, -0.15) is 0 Å². The third-order valence-corrected chi connectivity index (χ3v) is 8.02. The summed E-state index contributed by atoms with van der Waals surface area (Å²) in [5.74, 6) is 0.914. The quantitative estimate of drug-likeness (QED) is 0.231. The number of fused-ring (bicyclic) bond motifs is 9. The lowest BCUT2D eigenvalue weighted by molar-refractivity contribution is 0.661. The van der Waals surface area contributed by atoms with E-state index in [-0.39, 0.29) is 5.41 Å². The van der Waals surface area contributed by atoms with Gasteiger partial charge in [0.05, 0.1) is 22.1 Å². The lowest BCUT2D eigenvalue weighted by Crippen LogP contribution is -2.14. The maximum absolute atomic E-state index is 5.21. The van der Waals surface area contributed by atoms with Crippen LogP contribution in [0.1, 0.15) is 25.0 Å². The van der Waals surface area contributed by atoms with E-state index in [2.05, 4.69) is 114 Å². The standard InChI is InChI=1S/C33H23N3/c1-33(2)26-11-5-3-9-22(26)24-19-29-25(18-27(24)33)23-10-4-6-12-28(23)36(29)30-16-15-21-14-13-20-8-7-17-34-31(20)32(21)35-30/h3-19H,1-2H3. The maximum Gasteiger partial charge on any atom is 0.138 e. The predicted octanol–water partition coefficient (Wildman–Crippen LogP) is 8.19. The molecule has 0 saturated carbocycles. The highest BCUT2D eigenvalue weighted by Gasteiger charge is 2.36. The summed E-state index contributed by atoms with van der Waals surface area (Å²) in [5.41, 5.74) is 9.63. The number of nitrogens with zero attached hydrogens (tertiary/aromatic N) is 3. The first kappa shape index (κ1) is 19.8. The van der Waals surface area contributed by atoms with Crippen LogP contribution in [0.3, 0.4) is 0 Å². The molecule has 1 aliphatic carbocycles. The second-order valence-corrected chi connectivity index (χ2v) is 10.3. The highest BCUT2D eigenvalue weighted by atomic mass is 15.1. The van der Waals surface area contributed by atoms with Gasteiger partial charge >= 0.3 is 0 Å². The molecule has 3 heteroatoms. The number of hydrogen-bond donors (Lipinski definition) is 0. The van der Waals surface area contributed by atoms with Gasteiger partial charge < -0.3 is 0 Å². The molecule has 0 N–H and O–H groups in total. The van der Waals surface area contributed by atoms with Crippen LogP contribution in [0.4, 0.5) is 0 Å². The number of aromatic nitrogens is 3. The smallest absolute Gasteiger partial charge is 0.138 e. The van der Waals surface area contributed by atoms with Crippen LogP contribution in [-0.4, -0.2) is 14.5 Å². The summed E-state index contributed by atoms with van der Waals surface area (Å²) in [7, 11) is 0. The Balaban J connectivity index is 1.50. The van der Waals surface area contributed by atoms with Gasteiger partial charge in [-0.1, -0.05) is 74.5 Å². The average molecular weight is 462 g/mol. The molecule has 0 amide bonds. The van der Waals surface area contributed by atoms with Crippen LogP contribution in [0, 0.1) is 0 Å². The van der Waals surface area contributed by atoms with Crippen molar-refractivity contribution in [3.05, 3.63) is 114 Å². The Kier molecular flexibility index (Phi) is 3.73. The third kappa shape index (κ3) is 2.47. The van der Waals surface area contributed by atoms with E-state index in [1.54, 1.807) is 0 Å². The summed E-state index contributed by atoms with van der Waals surface area (Å²) < 4.78 is 2.32. The Morgan fingerprint density at radius 1 is 0.611 bits per heavy atom. The molecule has 8 rings (SSSR count). The number of pyridine rings is 2. The molecule has 7 aromatic rings. The van der Waals surface area contributed by atoms with Gasteiger partial charge in [0.2, 0.25) is 0 Å². The SMILES string of the molecule is CC1(C)c2ccccc2-c2cc3c(cc21)c1ccccc1n3-c1ccc2ccc3cccnc3c2n1. The van der Waals surface area contributed by atoms with Crippen molar-refractivity contribution >= 4 is 43.6 Å². The molecule has 0 saturated heterocycles. The number of benzene rings is 4. The van der Waals surface area contributed by atoms with Crippen LogP contribution in [0.25, 0.3) is 60.6 Å². The summed E-state index contributed by atoms with van der Waals surface area (Å²) in [6.07, 6.45) is 1.85. The fourth-order valence-electron chi connectivity index (χ4n) is 6.25. The first-order chi connectivity index (χ1) is 17.6. The lowest BCUT2D eigenvalue weighted by atomic mass is 9.82. The van der Waals surface area contributed by atoms with Crippen molar-refractivity contribution in [3.63, 3.8) is 0 Å². The Morgan fingerprint density at radius 2 is 1.39 bits per heavy atom. The fourth-order valence-corrected chi connectivity index (χ4v) is 6.25. The molecule has 36 heavy (non-hydrogen) atoms. The zero-order chi connectivity index (χ0) is 24.0. The van der Waals surface area contributed by atoms with Crippen LogP contribution >= 0.6 is 0 Å². The third-order valence-electron chi connectivity index (χ3n) is 8.02. The maximum atomic E-state index is 5.21. The first-order valence-corrected chi connectivity index (χ1v) is 12.4. The molecule has 170 valence electrons. The van der Waals surface area contributed by atoms with Crippen LogP contribution < -0.4 is 0 Å². The van der Waals surface area contributed by atoms with Gasteiger partial charge in [-0.25, -0.2) is 4.98 Å². The summed E-state index contributed by atoms with van der Waals surface area (Å²) in [6, 6.07) is 34.9. The molecule has 3 aromatic heterocycles. The minimum absolute atomic E-state index is 0.0326. The molecular weight excluding hydrogens is 438 g/mol. The number of para-hydroxylation sites is 1. The van der Waals surface area contributed by atoms with Crippen LogP contribution in [-0.2, 0) is 5.41 Å². The molecule has 0 unspecified atom stereocenters. The summed E-state index contributed by atoms with van der Waals surface area (Å²) >= 11 is 0. The number of hydrogen-bond acceptors (Lipinski definition) is 2. The molecule has 3 nitrogen and oxygen atoms in total. The number of rotatable bonds is 1. The zero-order valence-corrected chi connectivity index (χ0v) is 20.2. The van der Waals surface area contributed by atoms with Gasteiger partial charge in [0.15, 0.2) is 0 Å². The van der Waals surface area contributed by atoms with Crippen molar-refractivity contribution in [1.29, 1.82) is 0 Å². The molecule has 0 radical (unpaired) electrons. The minimum atomic E-state index is -0.0326. The summed E-state index contributed by atoms with van der Waals surface area (Å²) in [4.78, 5) is 9.89. The summed E-state index contributed by atoms with van der Waals surface area (Å²) in [6.45, 7) is 4.68. The van der Waals surface area contributed by atoms with E-state index in [0.717, 1.165) is 27.6 Å². The molecule has 0 aliphatic heterocycles. The lowest BCUT2D eigenvalue weighted by Gasteiger charge is -2.21. The Morgan fingerprint density at radius 3 is 2.31 bits per heavy atom. The Bertz CT molecular complexity index is 2030. The molecule has 4 aromatic carbocycles. The molecule has 0 bridgehead atoms. The summed E-state index contributed by atoms with van der Waals surface area (Å²) in [5, 5.41) is 4.72. The minimum Gasteiger partial charge on any atom is -0.294 e. The van der Waals surface area contributed by atoms with Crippen molar-refractivity contribution in [2.75, 3.05) is 0 Å². The van der Waals surface area contributed by atoms with Gasteiger partial charge in [0.1, 0.15) is 5.82 Å². The van der Waals surface area contributed by atoms with Gasteiger partial charge in [-0.05, 0) is 58.7 Å². The largest absolute Gasteiger partial charge is 0.294 e. The van der Waals surface area contributed by atoms with Crippen LogP contribution in [0.2, 0.25) is 0 Å². The zero-order valence-electron chi connectivity index (χ0n) is 20.2. The fraction of sp³-hybridized carbons (Fsp3) is 0.0909. The monoisotopic (exact) mass is 461 g/mol. The van der Waals surface area contributed by atoms with Crippen molar-refractivity contribution < 1.29 is 0 Å².